The number of ether oxygens (including phenoxy) is 1. The zero-order valence-electron chi connectivity index (χ0n) is 14.1. The van der Waals surface area contributed by atoms with Crippen molar-refractivity contribution in [2.45, 2.75) is 13.5 Å². The van der Waals surface area contributed by atoms with Gasteiger partial charge in [0.25, 0.3) is 0 Å². The van der Waals surface area contributed by atoms with Crippen molar-refractivity contribution < 1.29 is 13.9 Å². The number of rotatable bonds is 6. The van der Waals surface area contributed by atoms with Crippen LogP contribution in [0.1, 0.15) is 27.4 Å². The van der Waals surface area contributed by atoms with Gasteiger partial charge in [0.2, 0.25) is 0 Å². The normalized spacial score (nSPS) is 10.8. The molecule has 0 aliphatic rings. The van der Waals surface area contributed by atoms with Crippen LogP contribution in [-0.2, 0) is 6.61 Å². The quantitative estimate of drug-likeness (QED) is 0.511. The lowest BCUT2D eigenvalue weighted by atomic mass is 10.2. The van der Waals surface area contributed by atoms with Crippen LogP contribution in [0.3, 0.4) is 0 Å². The number of carbonyl (C=O) groups excluding carboxylic acids is 1. The van der Waals surface area contributed by atoms with Crippen molar-refractivity contribution in [2.24, 2.45) is 5.10 Å². The van der Waals surface area contributed by atoms with Crippen LogP contribution >= 0.6 is 11.6 Å². The van der Waals surface area contributed by atoms with Gasteiger partial charge in [0.15, 0.2) is 5.76 Å². The van der Waals surface area contributed by atoms with E-state index in [2.05, 4.69) is 10.5 Å². The highest BCUT2D eigenvalue weighted by molar-refractivity contribution is 6.31. The number of hydrogen-bond acceptors (Lipinski definition) is 4. The lowest BCUT2D eigenvalue weighted by Gasteiger charge is -2.08. The van der Waals surface area contributed by atoms with E-state index in [1.54, 1.807) is 19.1 Å². The highest BCUT2D eigenvalue weighted by Gasteiger charge is 2.08. The fourth-order valence-corrected chi connectivity index (χ4v) is 2.43. The molecule has 3 rings (SSSR count). The Bertz CT molecular complexity index is 934. The van der Waals surface area contributed by atoms with E-state index in [0.29, 0.717) is 23.1 Å². The molecule has 1 heterocycles. The van der Waals surface area contributed by atoms with Crippen LogP contribution in [0.2, 0.25) is 5.02 Å². The molecule has 0 spiro atoms. The van der Waals surface area contributed by atoms with Crippen LogP contribution in [0.15, 0.2) is 70.2 Å². The van der Waals surface area contributed by atoms with Crippen molar-refractivity contribution in [1.82, 2.24) is 5.43 Å². The summed E-state index contributed by atoms with van der Waals surface area (Å²) < 4.78 is 11.0. The van der Waals surface area contributed by atoms with Crippen molar-refractivity contribution >= 4 is 23.7 Å². The smallest absolute Gasteiger partial charge is 0.307 e. The SMILES string of the molecule is Cc1ccc(C(=O)N/N=C\c2cccc(OCc3ccccc3Cl)c2)o1. The van der Waals surface area contributed by atoms with Crippen molar-refractivity contribution in [2.75, 3.05) is 0 Å². The lowest BCUT2D eigenvalue weighted by Crippen LogP contribution is -2.16. The number of amides is 1. The molecule has 26 heavy (non-hydrogen) atoms. The highest BCUT2D eigenvalue weighted by atomic mass is 35.5. The van der Waals surface area contributed by atoms with Gasteiger partial charge in [0.1, 0.15) is 18.1 Å². The predicted molar refractivity (Wildman–Crippen MR) is 101 cm³/mol. The molecule has 1 aromatic heterocycles. The number of halogens is 1. The predicted octanol–water partition coefficient (Wildman–Crippen LogP) is 4.58. The Balaban J connectivity index is 1.58. The van der Waals surface area contributed by atoms with E-state index in [9.17, 15) is 4.79 Å². The summed E-state index contributed by atoms with van der Waals surface area (Å²) in [5.74, 6) is 1.17. The van der Waals surface area contributed by atoms with E-state index < -0.39 is 5.91 Å². The second-order valence-corrected chi connectivity index (χ2v) is 5.97. The Morgan fingerprint density at radius 1 is 1.19 bits per heavy atom. The van der Waals surface area contributed by atoms with Gasteiger partial charge < -0.3 is 9.15 Å². The largest absolute Gasteiger partial charge is 0.489 e. The van der Waals surface area contributed by atoms with E-state index in [-0.39, 0.29) is 5.76 Å². The van der Waals surface area contributed by atoms with Crippen molar-refractivity contribution in [3.05, 3.63) is 88.3 Å². The Morgan fingerprint density at radius 2 is 2.04 bits per heavy atom. The van der Waals surface area contributed by atoms with Crippen molar-refractivity contribution in [3.8, 4) is 5.75 Å². The molecule has 0 saturated heterocycles. The van der Waals surface area contributed by atoms with Gasteiger partial charge in [0.05, 0.1) is 6.21 Å². The maximum absolute atomic E-state index is 11.9. The van der Waals surface area contributed by atoms with Crippen LogP contribution in [0.25, 0.3) is 0 Å². The van der Waals surface area contributed by atoms with Gasteiger partial charge in [-0.3, -0.25) is 4.79 Å². The average molecular weight is 369 g/mol. The summed E-state index contributed by atoms with van der Waals surface area (Å²) in [6.45, 7) is 2.14. The number of hydrogen-bond donors (Lipinski definition) is 1. The van der Waals surface area contributed by atoms with E-state index in [4.69, 9.17) is 20.8 Å². The third-order valence-electron chi connectivity index (χ3n) is 3.55. The topological polar surface area (TPSA) is 63.8 Å². The standard InChI is InChI=1S/C20H17ClN2O3/c1-14-9-10-19(26-14)20(24)23-22-12-15-5-4-7-17(11-15)25-13-16-6-2-3-8-18(16)21/h2-12H,13H2,1H3,(H,23,24)/b22-12-. The third kappa shape index (κ3) is 4.74. The Labute approximate surface area is 156 Å². The Kier molecular flexibility index (Phi) is 5.71. The molecule has 1 amide bonds. The summed E-state index contributed by atoms with van der Waals surface area (Å²) in [4.78, 5) is 11.9. The summed E-state index contributed by atoms with van der Waals surface area (Å²) in [6.07, 6.45) is 1.54. The summed E-state index contributed by atoms with van der Waals surface area (Å²) in [5.41, 5.74) is 4.12. The molecule has 0 unspecified atom stereocenters. The molecular weight excluding hydrogens is 352 g/mol. The van der Waals surface area contributed by atoms with E-state index in [1.807, 2.05) is 48.5 Å². The molecule has 132 valence electrons. The molecule has 0 fully saturated rings. The molecule has 0 aliphatic carbocycles. The minimum atomic E-state index is -0.402. The zero-order chi connectivity index (χ0) is 18.4. The molecule has 3 aromatic rings. The van der Waals surface area contributed by atoms with E-state index >= 15 is 0 Å². The fourth-order valence-electron chi connectivity index (χ4n) is 2.24. The van der Waals surface area contributed by atoms with Gasteiger partial charge in [-0.2, -0.15) is 5.10 Å². The number of furan rings is 1. The number of carbonyl (C=O) groups is 1. The number of nitrogens with one attached hydrogen (secondary N) is 1. The highest BCUT2D eigenvalue weighted by Crippen LogP contribution is 2.19. The van der Waals surface area contributed by atoms with Crippen LogP contribution in [0.5, 0.6) is 5.75 Å². The van der Waals surface area contributed by atoms with Crippen LogP contribution in [0, 0.1) is 6.92 Å². The first kappa shape index (κ1) is 17.8. The monoisotopic (exact) mass is 368 g/mol. The molecular formula is C20H17ClN2O3. The summed E-state index contributed by atoms with van der Waals surface area (Å²) in [5, 5.41) is 4.61. The van der Waals surface area contributed by atoms with Gasteiger partial charge in [-0.25, -0.2) is 5.43 Å². The Hall–Kier alpha value is -3.05. The number of nitrogens with zero attached hydrogens (tertiary/aromatic N) is 1. The summed E-state index contributed by atoms with van der Waals surface area (Å²) in [7, 11) is 0. The second kappa shape index (κ2) is 8.36. The maximum atomic E-state index is 11.9. The van der Waals surface area contributed by atoms with Gasteiger partial charge in [-0.05, 0) is 42.8 Å². The minimum Gasteiger partial charge on any atom is -0.489 e. The average Bonchev–Trinajstić information content (AvgIpc) is 3.08. The molecule has 5 nitrogen and oxygen atoms in total. The van der Waals surface area contributed by atoms with Gasteiger partial charge >= 0.3 is 5.91 Å². The fraction of sp³-hybridized carbons (Fsp3) is 0.100. The minimum absolute atomic E-state index is 0.219. The summed E-state index contributed by atoms with van der Waals surface area (Å²) in [6, 6.07) is 18.2. The molecule has 6 heteroatoms. The van der Waals surface area contributed by atoms with Gasteiger partial charge in [0, 0.05) is 10.6 Å². The van der Waals surface area contributed by atoms with Crippen LogP contribution < -0.4 is 10.2 Å². The molecule has 1 N–H and O–H groups in total. The molecule has 0 atom stereocenters. The third-order valence-corrected chi connectivity index (χ3v) is 3.92. The van der Waals surface area contributed by atoms with Crippen molar-refractivity contribution in [3.63, 3.8) is 0 Å². The van der Waals surface area contributed by atoms with Crippen molar-refractivity contribution in [1.29, 1.82) is 0 Å². The van der Waals surface area contributed by atoms with E-state index in [1.165, 1.54) is 6.21 Å². The van der Waals surface area contributed by atoms with Gasteiger partial charge in [-0.15, -0.1) is 0 Å². The Morgan fingerprint density at radius 3 is 2.81 bits per heavy atom. The lowest BCUT2D eigenvalue weighted by molar-refractivity contribution is 0.0926. The molecule has 0 radical (unpaired) electrons. The second-order valence-electron chi connectivity index (χ2n) is 5.56. The number of aryl methyl sites for hydroxylation is 1. The van der Waals surface area contributed by atoms with Gasteiger partial charge in [-0.1, -0.05) is 41.9 Å². The number of benzene rings is 2. The van der Waals surface area contributed by atoms with Crippen LogP contribution in [0.4, 0.5) is 0 Å². The first-order valence-electron chi connectivity index (χ1n) is 7.98. The maximum Gasteiger partial charge on any atom is 0.307 e. The molecule has 0 bridgehead atoms. The molecule has 2 aromatic carbocycles. The van der Waals surface area contributed by atoms with E-state index in [0.717, 1.165) is 11.1 Å². The zero-order valence-corrected chi connectivity index (χ0v) is 14.9. The molecule has 0 saturated carbocycles. The first-order chi connectivity index (χ1) is 12.6. The summed E-state index contributed by atoms with van der Waals surface area (Å²) >= 11 is 6.12. The molecule has 0 aliphatic heterocycles. The first-order valence-corrected chi connectivity index (χ1v) is 8.36. The van der Waals surface area contributed by atoms with Crippen LogP contribution in [-0.4, -0.2) is 12.1 Å². The number of hydrazone groups is 1.